The summed E-state index contributed by atoms with van der Waals surface area (Å²) in [4.78, 5) is 2.57. The maximum atomic E-state index is 3.51. The Hall–Kier alpha value is -0.0200. The zero-order valence-corrected chi connectivity index (χ0v) is 16.2. The molecule has 0 spiro atoms. The van der Waals surface area contributed by atoms with Crippen molar-refractivity contribution in [3.8, 4) is 0 Å². The summed E-state index contributed by atoms with van der Waals surface area (Å²) in [6.45, 7) is 2.40. The van der Waals surface area contributed by atoms with Gasteiger partial charge >= 0.3 is 0 Å². The van der Waals surface area contributed by atoms with Crippen molar-refractivity contribution < 1.29 is 0 Å². The highest BCUT2D eigenvalue weighted by Gasteiger charge is 2.05. The number of unbranched alkanes of at least 4 members (excludes halogenated alkanes) is 6. The molecule has 0 unspecified atom stereocenters. The molecule has 0 aliphatic heterocycles. The number of nitrogens with zero attached hydrogens (tertiary/aromatic N) is 1. The minimum atomic E-state index is 1.14. The Kier molecular flexibility index (Phi) is 12.3. The molecule has 1 aromatic carbocycles. The van der Waals surface area contributed by atoms with Crippen LogP contribution >= 0.6 is 31.9 Å². The SMILES string of the molecule is BrCCCCCCN(CCCCCCBr)c1ccccc1. The molecule has 0 atom stereocenters. The summed E-state index contributed by atoms with van der Waals surface area (Å²) in [5, 5.41) is 2.28. The molecule has 0 radical (unpaired) electrons. The molecule has 0 fully saturated rings. The van der Waals surface area contributed by atoms with Gasteiger partial charge in [0.25, 0.3) is 0 Å². The van der Waals surface area contributed by atoms with E-state index in [1.807, 2.05) is 0 Å². The molecule has 0 saturated carbocycles. The van der Waals surface area contributed by atoms with Gasteiger partial charge in [0.15, 0.2) is 0 Å². The molecule has 1 nitrogen and oxygen atoms in total. The second-order valence-corrected chi connectivity index (χ2v) is 7.11. The number of hydrogen-bond acceptors (Lipinski definition) is 1. The molecule has 21 heavy (non-hydrogen) atoms. The number of hydrogen-bond donors (Lipinski definition) is 0. The van der Waals surface area contributed by atoms with E-state index in [9.17, 15) is 0 Å². The molecule has 0 aliphatic rings. The predicted octanol–water partition coefficient (Wildman–Crippen LogP) is 6.40. The molecule has 3 heteroatoms. The van der Waals surface area contributed by atoms with Crippen molar-refractivity contribution in [1.29, 1.82) is 0 Å². The summed E-state index contributed by atoms with van der Waals surface area (Å²) in [7, 11) is 0. The van der Waals surface area contributed by atoms with Crippen molar-refractivity contribution in [3.05, 3.63) is 30.3 Å². The smallest absolute Gasteiger partial charge is 0.0366 e. The Morgan fingerprint density at radius 3 is 1.57 bits per heavy atom. The van der Waals surface area contributed by atoms with Crippen molar-refractivity contribution in [1.82, 2.24) is 0 Å². The number of halogens is 2. The van der Waals surface area contributed by atoms with Crippen LogP contribution in [0.4, 0.5) is 5.69 Å². The first-order chi connectivity index (χ1) is 10.4. The van der Waals surface area contributed by atoms with E-state index in [-0.39, 0.29) is 0 Å². The first-order valence-corrected chi connectivity index (χ1v) is 10.5. The Bertz CT molecular complexity index is 315. The van der Waals surface area contributed by atoms with Gasteiger partial charge in [-0.25, -0.2) is 0 Å². The van der Waals surface area contributed by atoms with Crippen LogP contribution in [-0.4, -0.2) is 23.7 Å². The average molecular weight is 419 g/mol. The number of rotatable bonds is 13. The average Bonchev–Trinajstić information content (AvgIpc) is 2.53. The fourth-order valence-corrected chi connectivity index (χ4v) is 3.30. The standard InChI is InChI=1S/C18H29Br2N/c19-14-8-1-3-10-16-21(17-11-4-2-9-15-20)18-12-6-5-7-13-18/h5-7,12-13H,1-4,8-11,14-17H2. The molecule has 0 N–H and O–H groups in total. The Morgan fingerprint density at radius 2 is 1.10 bits per heavy atom. The van der Waals surface area contributed by atoms with E-state index < -0.39 is 0 Å². The lowest BCUT2D eigenvalue weighted by molar-refractivity contribution is 0.611. The number of alkyl halides is 2. The minimum Gasteiger partial charge on any atom is -0.372 e. The van der Waals surface area contributed by atoms with Gasteiger partial charge in [-0.2, -0.15) is 0 Å². The summed E-state index contributed by atoms with van der Waals surface area (Å²) in [6, 6.07) is 10.9. The molecular formula is C18H29Br2N. The molecule has 0 bridgehead atoms. The van der Waals surface area contributed by atoms with Crippen LogP contribution in [0.5, 0.6) is 0 Å². The molecule has 120 valence electrons. The van der Waals surface area contributed by atoms with Crippen LogP contribution in [0.2, 0.25) is 0 Å². The van der Waals surface area contributed by atoms with Crippen LogP contribution in [-0.2, 0) is 0 Å². The Morgan fingerprint density at radius 1 is 0.619 bits per heavy atom. The van der Waals surface area contributed by atoms with E-state index in [1.54, 1.807) is 0 Å². The maximum Gasteiger partial charge on any atom is 0.0366 e. The number of para-hydroxylation sites is 1. The summed E-state index contributed by atoms with van der Waals surface area (Å²) in [6.07, 6.45) is 10.6. The summed E-state index contributed by atoms with van der Waals surface area (Å²) < 4.78 is 0. The lowest BCUT2D eigenvalue weighted by Gasteiger charge is -2.25. The third-order valence-electron chi connectivity index (χ3n) is 3.74. The first kappa shape index (κ1) is 19.0. The van der Waals surface area contributed by atoms with Crippen LogP contribution in [0.15, 0.2) is 30.3 Å². The second-order valence-electron chi connectivity index (χ2n) is 5.53. The number of anilines is 1. The molecule has 1 aromatic rings. The van der Waals surface area contributed by atoms with E-state index in [0.717, 1.165) is 10.7 Å². The first-order valence-electron chi connectivity index (χ1n) is 8.30. The van der Waals surface area contributed by atoms with Crippen molar-refractivity contribution in [3.63, 3.8) is 0 Å². The van der Waals surface area contributed by atoms with E-state index >= 15 is 0 Å². The number of benzene rings is 1. The van der Waals surface area contributed by atoms with Crippen molar-refractivity contribution in [2.75, 3.05) is 28.6 Å². The molecule has 1 rings (SSSR count). The fraction of sp³-hybridized carbons (Fsp3) is 0.667. The van der Waals surface area contributed by atoms with Crippen molar-refractivity contribution >= 4 is 37.5 Å². The summed E-state index contributed by atoms with van der Waals surface area (Å²) >= 11 is 7.02. The van der Waals surface area contributed by atoms with E-state index in [1.165, 1.54) is 70.1 Å². The quantitative estimate of drug-likeness (QED) is 0.264. The van der Waals surface area contributed by atoms with E-state index in [4.69, 9.17) is 0 Å². The van der Waals surface area contributed by atoms with Gasteiger partial charge in [0.2, 0.25) is 0 Å². The maximum absolute atomic E-state index is 3.51. The molecular weight excluding hydrogens is 390 g/mol. The third-order valence-corrected chi connectivity index (χ3v) is 4.87. The Balaban J connectivity index is 2.32. The lowest BCUT2D eigenvalue weighted by Crippen LogP contribution is -2.25. The molecule has 0 heterocycles. The zero-order chi connectivity index (χ0) is 15.2. The van der Waals surface area contributed by atoms with Gasteiger partial charge in [0, 0.05) is 29.4 Å². The van der Waals surface area contributed by atoms with Gasteiger partial charge in [0.05, 0.1) is 0 Å². The molecule has 0 saturated heterocycles. The minimum absolute atomic E-state index is 1.14. The van der Waals surface area contributed by atoms with Crippen molar-refractivity contribution in [2.24, 2.45) is 0 Å². The topological polar surface area (TPSA) is 3.24 Å². The monoisotopic (exact) mass is 417 g/mol. The van der Waals surface area contributed by atoms with Gasteiger partial charge in [-0.15, -0.1) is 0 Å². The van der Waals surface area contributed by atoms with Gasteiger partial charge in [-0.3, -0.25) is 0 Å². The molecule has 0 amide bonds. The second kappa shape index (κ2) is 13.6. The molecule has 0 aromatic heterocycles. The highest BCUT2D eigenvalue weighted by molar-refractivity contribution is 9.09. The fourth-order valence-electron chi connectivity index (χ4n) is 2.51. The third kappa shape index (κ3) is 9.57. The Labute approximate surface area is 147 Å². The lowest BCUT2D eigenvalue weighted by atomic mass is 10.1. The predicted molar refractivity (Wildman–Crippen MR) is 103 cm³/mol. The van der Waals surface area contributed by atoms with Gasteiger partial charge < -0.3 is 4.90 Å². The molecule has 0 aliphatic carbocycles. The van der Waals surface area contributed by atoms with Crippen LogP contribution < -0.4 is 4.90 Å². The normalized spacial score (nSPS) is 10.8. The van der Waals surface area contributed by atoms with E-state index in [0.29, 0.717) is 0 Å². The largest absolute Gasteiger partial charge is 0.372 e. The van der Waals surface area contributed by atoms with Crippen LogP contribution in [0.1, 0.15) is 51.4 Å². The highest BCUT2D eigenvalue weighted by atomic mass is 79.9. The van der Waals surface area contributed by atoms with E-state index in [2.05, 4.69) is 67.1 Å². The highest BCUT2D eigenvalue weighted by Crippen LogP contribution is 2.16. The van der Waals surface area contributed by atoms with Gasteiger partial charge in [-0.05, 0) is 37.8 Å². The zero-order valence-electron chi connectivity index (χ0n) is 13.1. The van der Waals surface area contributed by atoms with Gasteiger partial charge in [-0.1, -0.05) is 75.7 Å². The summed E-state index contributed by atoms with van der Waals surface area (Å²) in [5.41, 5.74) is 1.39. The van der Waals surface area contributed by atoms with Crippen LogP contribution in [0, 0.1) is 0 Å². The van der Waals surface area contributed by atoms with Crippen LogP contribution in [0.3, 0.4) is 0 Å². The van der Waals surface area contributed by atoms with Gasteiger partial charge in [0.1, 0.15) is 0 Å². The summed E-state index contributed by atoms with van der Waals surface area (Å²) in [5.74, 6) is 0. The van der Waals surface area contributed by atoms with Crippen molar-refractivity contribution in [2.45, 2.75) is 51.4 Å². The van der Waals surface area contributed by atoms with Crippen LogP contribution in [0.25, 0.3) is 0 Å².